The Bertz CT molecular complexity index is 1870. The molecule has 184 valence electrons. The summed E-state index contributed by atoms with van der Waals surface area (Å²) in [4.78, 5) is 31.9. The summed E-state index contributed by atoms with van der Waals surface area (Å²) in [6.45, 7) is 0. The summed E-state index contributed by atoms with van der Waals surface area (Å²) in [5.74, 6) is 0.184. The molecular weight excluding hydrogens is 536 g/mol. The number of benzene rings is 4. The molecular formula is C29H17ClN4O2S2. The number of hydrogen-bond donors (Lipinski definition) is 0. The highest BCUT2D eigenvalue weighted by Gasteiger charge is 2.26. The van der Waals surface area contributed by atoms with Gasteiger partial charge < -0.3 is 12.6 Å². The molecule has 6 rings (SSSR count). The molecule has 6 nitrogen and oxygen atoms in total. The third kappa shape index (κ3) is 4.39. The number of rotatable bonds is 4. The highest BCUT2D eigenvalue weighted by atomic mass is 35.5. The molecule has 0 spiro atoms. The number of halogens is 1. The third-order valence-electron chi connectivity index (χ3n) is 6.02. The zero-order valence-electron chi connectivity index (χ0n) is 19.6. The lowest BCUT2D eigenvalue weighted by Crippen LogP contribution is -2.46. The topological polar surface area (TPSA) is 68.7 Å². The Balaban J connectivity index is 1.44. The minimum absolute atomic E-state index is 0.192. The number of hydrogen-bond acceptors (Lipinski definition) is 6. The third-order valence-corrected chi connectivity index (χ3v) is 7.46. The van der Waals surface area contributed by atoms with Gasteiger partial charge in [0.15, 0.2) is 0 Å². The molecule has 0 saturated carbocycles. The highest BCUT2D eigenvalue weighted by Crippen LogP contribution is 2.25. The van der Waals surface area contributed by atoms with Gasteiger partial charge >= 0.3 is 5.91 Å². The normalized spacial score (nSPS) is 11.1. The van der Waals surface area contributed by atoms with Gasteiger partial charge in [-0.25, -0.2) is 9.78 Å². The molecule has 0 unspecified atom stereocenters. The van der Waals surface area contributed by atoms with Gasteiger partial charge in [0.05, 0.1) is 22.2 Å². The zero-order valence-corrected chi connectivity index (χ0v) is 22.0. The first-order chi connectivity index (χ1) is 18.5. The number of carbonyl (C=O) groups is 1. The molecule has 0 saturated heterocycles. The summed E-state index contributed by atoms with van der Waals surface area (Å²) in [7, 11) is 0. The molecule has 0 aliphatic heterocycles. The second kappa shape index (κ2) is 9.90. The highest BCUT2D eigenvalue weighted by molar-refractivity contribution is 7.62. The van der Waals surface area contributed by atoms with Crippen LogP contribution in [0, 0.1) is 0 Å². The first-order valence-electron chi connectivity index (χ1n) is 11.6. The van der Waals surface area contributed by atoms with Gasteiger partial charge in [0.1, 0.15) is 5.82 Å². The summed E-state index contributed by atoms with van der Waals surface area (Å²) >= 11 is 12.6. The predicted octanol–water partition coefficient (Wildman–Crippen LogP) is 5.71. The Hall–Kier alpha value is -4.24. The lowest BCUT2D eigenvalue weighted by molar-refractivity contribution is -0.621. The fourth-order valence-corrected chi connectivity index (χ4v) is 5.41. The number of fused-ring (bicyclic) bond motifs is 1. The summed E-state index contributed by atoms with van der Waals surface area (Å²) in [6.07, 6.45) is 0. The maximum atomic E-state index is 13.6. The van der Waals surface area contributed by atoms with Crippen molar-refractivity contribution in [2.75, 3.05) is 0 Å². The van der Waals surface area contributed by atoms with E-state index >= 15 is 0 Å². The maximum Gasteiger partial charge on any atom is 0.449 e. The molecule has 0 atom stereocenters. The van der Waals surface area contributed by atoms with Crippen molar-refractivity contribution < 1.29 is 9.48 Å². The van der Waals surface area contributed by atoms with Crippen LogP contribution in [0.1, 0.15) is 10.4 Å². The van der Waals surface area contributed by atoms with Crippen molar-refractivity contribution in [3.8, 4) is 27.6 Å². The zero-order chi connectivity index (χ0) is 26.2. The van der Waals surface area contributed by atoms with Crippen LogP contribution >= 0.6 is 22.9 Å². The van der Waals surface area contributed by atoms with Gasteiger partial charge in [0.25, 0.3) is 5.56 Å². The van der Waals surface area contributed by atoms with E-state index in [0.717, 1.165) is 11.1 Å². The van der Waals surface area contributed by atoms with Crippen LogP contribution < -0.4 is 10.2 Å². The van der Waals surface area contributed by atoms with E-state index in [-0.39, 0.29) is 11.5 Å². The van der Waals surface area contributed by atoms with Crippen molar-refractivity contribution in [1.82, 2.24) is 14.6 Å². The first-order valence-corrected chi connectivity index (χ1v) is 13.2. The summed E-state index contributed by atoms with van der Waals surface area (Å²) in [5.41, 5.74) is 3.01. The lowest BCUT2D eigenvalue weighted by atomic mass is 10.1. The monoisotopic (exact) mass is 552 g/mol. The number of aromatic nitrogens is 4. The molecule has 2 heterocycles. The van der Waals surface area contributed by atoms with Gasteiger partial charge in [-0.15, -0.1) is 0 Å². The van der Waals surface area contributed by atoms with Gasteiger partial charge in [-0.3, -0.25) is 20.7 Å². The van der Waals surface area contributed by atoms with Crippen LogP contribution in [0.2, 0.25) is 5.02 Å². The standard InChI is InChI=1S/C29H17ClN4O2S2/c30-21-14-10-20(11-15-21)28-34(32-29(37)38-28)26(35)19-12-16-22(17-13-19)33-25(18-6-2-1-3-7-18)31-24-9-5-4-8-23(24)27(33)36/h1-17H. The van der Waals surface area contributed by atoms with E-state index in [9.17, 15) is 9.59 Å². The van der Waals surface area contributed by atoms with Crippen molar-refractivity contribution in [3.05, 3.63) is 124 Å². The smallest absolute Gasteiger partial charge is 0.402 e. The quantitative estimate of drug-likeness (QED) is 0.207. The van der Waals surface area contributed by atoms with Crippen molar-refractivity contribution in [1.29, 1.82) is 0 Å². The molecule has 2 aromatic heterocycles. The Kier molecular flexibility index (Phi) is 6.29. The fraction of sp³-hybridized carbons (Fsp3) is 0. The second-order valence-corrected chi connectivity index (χ2v) is 10.5. The Morgan fingerprint density at radius 3 is 2.26 bits per heavy atom. The Labute approximate surface area is 231 Å². The number of para-hydroxylation sites is 1. The molecule has 0 aliphatic rings. The van der Waals surface area contributed by atoms with E-state index < -0.39 is 0 Å². The van der Waals surface area contributed by atoms with Crippen LogP contribution in [0.5, 0.6) is 0 Å². The molecule has 0 amide bonds. The van der Waals surface area contributed by atoms with E-state index in [1.54, 1.807) is 47.0 Å². The van der Waals surface area contributed by atoms with Gasteiger partial charge in [0, 0.05) is 20.5 Å². The van der Waals surface area contributed by atoms with Crippen LogP contribution in [-0.2, 0) is 12.6 Å². The van der Waals surface area contributed by atoms with Crippen LogP contribution in [0.3, 0.4) is 0 Å². The molecule has 4 aromatic carbocycles. The summed E-state index contributed by atoms with van der Waals surface area (Å²) in [6, 6.07) is 30.8. The molecule has 0 radical (unpaired) electrons. The summed E-state index contributed by atoms with van der Waals surface area (Å²) in [5, 5.41) is 5.99. The predicted molar refractivity (Wildman–Crippen MR) is 151 cm³/mol. The van der Waals surface area contributed by atoms with Crippen LogP contribution in [0.25, 0.3) is 38.5 Å². The van der Waals surface area contributed by atoms with E-state index in [2.05, 4.69) is 5.10 Å². The average Bonchev–Trinajstić information content (AvgIpc) is 3.35. The van der Waals surface area contributed by atoms with Crippen LogP contribution in [0.4, 0.5) is 0 Å². The number of carbonyl (C=O) groups excluding carboxylic acids is 1. The van der Waals surface area contributed by atoms with E-state index in [0.29, 0.717) is 42.3 Å². The molecule has 6 aromatic rings. The van der Waals surface area contributed by atoms with Crippen LogP contribution in [0.15, 0.2) is 112 Å². The first kappa shape index (κ1) is 24.1. The van der Waals surface area contributed by atoms with Crippen molar-refractivity contribution >= 4 is 52.4 Å². The molecule has 9 heteroatoms. The van der Waals surface area contributed by atoms with E-state index in [1.165, 1.54) is 16.0 Å². The van der Waals surface area contributed by atoms with E-state index in [1.807, 2.05) is 60.7 Å². The second-order valence-electron chi connectivity index (χ2n) is 8.40. The Morgan fingerprint density at radius 1 is 0.842 bits per heavy atom. The molecule has 0 fully saturated rings. The minimum Gasteiger partial charge on any atom is -0.402 e. The van der Waals surface area contributed by atoms with Gasteiger partial charge in [-0.2, -0.15) is 0 Å². The maximum absolute atomic E-state index is 13.6. The van der Waals surface area contributed by atoms with Crippen molar-refractivity contribution in [2.45, 2.75) is 4.34 Å². The minimum atomic E-state index is -0.332. The Morgan fingerprint density at radius 2 is 1.53 bits per heavy atom. The lowest BCUT2D eigenvalue weighted by Gasteiger charge is -2.14. The SMILES string of the molecule is O=C(c1ccc(-n2c(-c3ccccc3)nc3ccccc3c2=O)cc1)[n+]1nc([S-])sc1-c1ccc(Cl)cc1. The fourth-order valence-electron chi connectivity index (χ4n) is 4.21. The molecule has 0 aliphatic carbocycles. The molecule has 0 bridgehead atoms. The number of nitrogens with zero attached hydrogens (tertiary/aromatic N) is 4. The van der Waals surface area contributed by atoms with Gasteiger partial charge in [-0.1, -0.05) is 54.1 Å². The van der Waals surface area contributed by atoms with Gasteiger partial charge in [0.2, 0.25) is 5.01 Å². The largest absolute Gasteiger partial charge is 0.449 e. The van der Waals surface area contributed by atoms with Crippen molar-refractivity contribution in [2.24, 2.45) is 0 Å². The van der Waals surface area contributed by atoms with Crippen LogP contribution in [-0.4, -0.2) is 20.6 Å². The average molecular weight is 553 g/mol. The molecule has 0 N–H and O–H groups in total. The van der Waals surface area contributed by atoms with E-state index in [4.69, 9.17) is 29.2 Å². The summed E-state index contributed by atoms with van der Waals surface area (Å²) < 4.78 is 3.23. The van der Waals surface area contributed by atoms with Gasteiger partial charge in [-0.05, 0) is 70.4 Å². The molecule has 38 heavy (non-hydrogen) atoms. The van der Waals surface area contributed by atoms with Crippen molar-refractivity contribution in [3.63, 3.8) is 0 Å².